The van der Waals surface area contributed by atoms with Crippen molar-refractivity contribution in [3.63, 3.8) is 0 Å². The second kappa shape index (κ2) is 2.51. The van der Waals surface area contributed by atoms with E-state index in [0.29, 0.717) is 5.92 Å². The van der Waals surface area contributed by atoms with Crippen LogP contribution in [0.15, 0.2) is 35.1 Å². The van der Waals surface area contributed by atoms with Crippen LogP contribution in [0.3, 0.4) is 0 Å². The third-order valence-electron chi connectivity index (χ3n) is 2.81. The SMILES string of the molecule is CC1=CC=CC2C(C)=C(C)OC12. The van der Waals surface area contributed by atoms with Gasteiger partial charge in [-0.3, -0.25) is 0 Å². The van der Waals surface area contributed by atoms with E-state index < -0.39 is 0 Å². The lowest BCUT2D eigenvalue weighted by atomic mass is 9.88. The topological polar surface area (TPSA) is 9.23 Å². The minimum absolute atomic E-state index is 0.287. The van der Waals surface area contributed by atoms with E-state index in [-0.39, 0.29) is 6.10 Å². The number of hydrogen-bond acceptors (Lipinski definition) is 1. The summed E-state index contributed by atoms with van der Waals surface area (Å²) in [4.78, 5) is 0. The Hall–Kier alpha value is -0.980. The van der Waals surface area contributed by atoms with Crippen LogP contribution >= 0.6 is 0 Å². The molecule has 2 aliphatic rings. The summed E-state index contributed by atoms with van der Waals surface area (Å²) in [6, 6.07) is 0. The smallest absolute Gasteiger partial charge is 0.129 e. The maximum atomic E-state index is 5.75. The van der Waals surface area contributed by atoms with Crippen molar-refractivity contribution in [3.05, 3.63) is 35.1 Å². The van der Waals surface area contributed by atoms with E-state index in [9.17, 15) is 0 Å². The molecule has 0 fully saturated rings. The molecule has 0 radical (unpaired) electrons. The monoisotopic (exact) mass is 162 g/mol. The van der Waals surface area contributed by atoms with Gasteiger partial charge in [-0.15, -0.1) is 0 Å². The fraction of sp³-hybridized carbons (Fsp3) is 0.455. The average Bonchev–Trinajstić information content (AvgIpc) is 2.32. The van der Waals surface area contributed by atoms with Gasteiger partial charge in [-0.1, -0.05) is 18.2 Å². The third-order valence-corrected chi connectivity index (χ3v) is 2.81. The van der Waals surface area contributed by atoms with Gasteiger partial charge in [0, 0.05) is 5.92 Å². The molecule has 0 amide bonds. The summed E-state index contributed by atoms with van der Waals surface area (Å²) in [6.45, 7) is 6.34. The number of hydrogen-bond donors (Lipinski definition) is 0. The molecule has 0 saturated carbocycles. The molecule has 1 aliphatic heterocycles. The van der Waals surface area contributed by atoms with Gasteiger partial charge >= 0.3 is 0 Å². The van der Waals surface area contributed by atoms with E-state index in [0.717, 1.165) is 5.76 Å². The molecule has 1 heterocycles. The van der Waals surface area contributed by atoms with Gasteiger partial charge in [0.25, 0.3) is 0 Å². The fourth-order valence-corrected chi connectivity index (χ4v) is 1.86. The summed E-state index contributed by atoms with van der Waals surface area (Å²) in [5, 5.41) is 0. The van der Waals surface area contributed by atoms with Gasteiger partial charge in [0.1, 0.15) is 6.10 Å². The van der Waals surface area contributed by atoms with Gasteiger partial charge in [-0.05, 0) is 31.9 Å². The van der Waals surface area contributed by atoms with E-state index >= 15 is 0 Å². The van der Waals surface area contributed by atoms with Crippen LogP contribution in [0, 0.1) is 5.92 Å². The molecule has 2 atom stereocenters. The van der Waals surface area contributed by atoms with E-state index in [2.05, 4.69) is 39.0 Å². The van der Waals surface area contributed by atoms with Crippen LogP contribution in [-0.4, -0.2) is 6.10 Å². The van der Waals surface area contributed by atoms with Crippen LogP contribution in [0.4, 0.5) is 0 Å². The van der Waals surface area contributed by atoms with Crippen molar-refractivity contribution >= 4 is 0 Å². The first-order valence-corrected chi connectivity index (χ1v) is 4.39. The van der Waals surface area contributed by atoms with Crippen LogP contribution in [0.1, 0.15) is 20.8 Å². The number of allylic oxidation sites excluding steroid dienone is 3. The first-order chi connectivity index (χ1) is 5.70. The van der Waals surface area contributed by atoms with Gasteiger partial charge in [-0.2, -0.15) is 0 Å². The summed E-state index contributed by atoms with van der Waals surface area (Å²) >= 11 is 0. The molecule has 0 bridgehead atoms. The Morgan fingerprint density at radius 1 is 1.25 bits per heavy atom. The molecule has 12 heavy (non-hydrogen) atoms. The lowest BCUT2D eigenvalue weighted by Crippen LogP contribution is -2.19. The second-order valence-electron chi connectivity index (χ2n) is 3.60. The Balaban J connectivity index is 2.34. The quantitative estimate of drug-likeness (QED) is 0.532. The minimum Gasteiger partial charge on any atom is -0.490 e. The van der Waals surface area contributed by atoms with Crippen LogP contribution in [-0.2, 0) is 4.74 Å². The first kappa shape index (κ1) is 7.66. The van der Waals surface area contributed by atoms with Gasteiger partial charge in [0.05, 0.1) is 5.76 Å². The molecule has 1 heteroatoms. The summed E-state index contributed by atoms with van der Waals surface area (Å²) < 4.78 is 5.75. The summed E-state index contributed by atoms with van der Waals surface area (Å²) in [5.41, 5.74) is 2.71. The Morgan fingerprint density at radius 2 is 2.00 bits per heavy atom. The Kier molecular flexibility index (Phi) is 1.60. The highest BCUT2D eigenvalue weighted by Gasteiger charge is 2.32. The predicted octanol–water partition coefficient (Wildman–Crippen LogP) is 2.81. The lowest BCUT2D eigenvalue weighted by Gasteiger charge is -2.20. The fourth-order valence-electron chi connectivity index (χ4n) is 1.86. The second-order valence-corrected chi connectivity index (χ2v) is 3.60. The van der Waals surface area contributed by atoms with Crippen molar-refractivity contribution < 1.29 is 4.74 Å². The highest BCUT2D eigenvalue weighted by atomic mass is 16.5. The highest BCUT2D eigenvalue weighted by Crippen LogP contribution is 2.37. The maximum absolute atomic E-state index is 5.75. The molecule has 0 aromatic heterocycles. The van der Waals surface area contributed by atoms with E-state index in [1.54, 1.807) is 0 Å². The van der Waals surface area contributed by atoms with E-state index in [1.165, 1.54) is 11.1 Å². The molecular formula is C11H14O. The lowest BCUT2D eigenvalue weighted by molar-refractivity contribution is 0.155. The number of fused-ring (bicyclic) bond motifs is 1. The third kappa shape index (κ3) is 0.927. The number of rotatable bonds is 0. The number of ether oxygens (including phenoxy) is 1. The first-order valence-electron chi connectivity index (χ1n) is 4.39. The predicted molar refractivity (Wildman–Crippen MR) is 49.6 cm³/mol. The van der Waals surface area contributed by atoms with Gasteiger partial charge in [-0.25, -0.2) is 0 Å². The standard InChI is InChI=1S/C11H14O/c1-7-5-4-6-10-8(2)9(3)12-11(7)10/h4-6,10-11H,1-3H3. The normalized spacial score (nSPS) is 33.1. The minimum atomic E-state index is 0.287. The molecular weight excluding hydrogens is 148 g/mol. The average molecular weight is 162 g/mol. The zero-order valence-electron chi connectivity index (χ0n) is 7.79. The van der Waals surface area contributed by atoms with Crippen molar-refractivity contribution in [1.82, 2.24) is 0 Å². The van der Waals surface area contributed by atoms with Crippen LogP contribution in [0.25, 0.3) is 0 Å². The Labute approximate surface area is 73.4 Å². The summed E-state index contributed by atoms with van der Waals surface area (Å²) in [5.74, 6) is 1.60. The van der Waals surface area contributed by atoms with Gasteiger partial charge in [0.2, 0.25) is 0 Å². The molecule has 2 unspecified atom stereocenters. The highest BCUT2D eigenvalue weighted by molar-refractivity contribution is 5.34. The maximum Gasteiger partial charge on any atom is 0.129 e. The zero-order chi connectivity index (χ0) is 8.72. The molecule has 2 rings (SSSR count). The molecule has 0 spiro atoms. The zero-order valence-corrected chi connectivity index (χ0v) is 7.79. The molecule has 0 saturated heterocycles. The largest absolute Gasteiger partial charge is 0.490 e. The van der Waals surface area contributed by atoms with Crippen molar-refractivity contribution in [2.24, 2.45) is 5.92 Å². The Bertz CT molecular complexity index is 294. The van der Waals surface area contributed by atoms with Crippen LogP contribution in [0.5, 0.6) is 0 Å². The molecule has 0 N–H and O–H groups in total. The van der Waals surface area contributed by atoms with E-state index in [1.807, 2.05) is 0 Å². The summed E-state index contributed by atoms with van der Waals surface area (Å²) in [6.07, 6.45) is 6.77. The van der Waals surface area contributed by atoms with Crippen LogP contribution < -0.4 is 0 Å². The van der Waals surface area contributed by atoms with Gasteiger partial charge in [0.15, 0.2) is 0 Å². The Morgan fingerprint density at radius 3 is 2.67 bits per heavy atom. The van der Waals surface area contributed by atoms with Gasteiger partial charge < -0.3 is 4.74 Å². The van der Waals surface area contributed by atoms with E-state index in [4.69, 9.17) is 4.74 Å². The molecule has 0 aromatic rings. The van der Waals surface area contributed by atoms with Crippen LogP contribution in [0.2, 0.25) is 0 Å². The molecule has 1 nitrogen and oxygen atoms in total. The molecule has 0 aromatic carbocycles. The molecule has 64 valence electrons. The van der Waals surface area contributed by atoms with Crippen molar-refractivity contribution in [2.75, 3.05) is 0 Å². The van der Waals surface area contributed by atoms with Crippen molar-refractivity contribution in [2.45, 2.75) is 26.9 Å². The van der Waals surface area contributed by atoms with Crippen molar-refractivity contribution in [3.8, 4) is 0 Å². The molecule has 1 aliphatic carbocycles. The van der Waals surface area contributed by atoms with Crippen molar-refractivity contribution in [1.29, 1.82) is 0 Å². The summed E-state index contributed by atoms with van der Waals surface area (Å²) in [7, 11) is 0.